The predicted molar refractivity (Wildman–Crippen MR) is 75.2 cm³/mol. The van der Waals surface area contributed by atoms with Gasteiger partial charge in [0.1, 0.15) is 6.04 Å². The van der Waals surface area contributed by atoms with Crippen LogP contribution in [0.25, 0.3) is 0 Å². The SMILES string of the molecule is C=CCNC(=O)C1CCC(=O)N1c1ccc(Cl)cc1. The van der Waals surface area contributed by atoms with Crippen molar-refractivity contribution >= 4 is 29.1 Å². The first-order valence-electron chi connectivity index (χ1n) is 6.09. The molecule has 100 valence electrons. The van der Waals surface area contributed by atoms with Gasteiger partial charge in [-0.3, -0.25) is 14.5 Å². The molecule has 0 aliphatic carbocycles. The van der Waals surface area contributed by atoms with Gasteiger partial charge in [0.15, 0.2) is 0 Å². The second-order valence-corrected chi connectivity index (χ2v) is 4.76. The summed E-state index contributed by atoms with van der Waals surface area (Å²) in [5.74, 6) is -0.193. The van der Waals surface area contributed by atoms with E-state index in [9.17, 15) is 9.59 Å². The Morgan fingerprint density at radius 2 is 2.16 bits per heavy atom. The highest BCUT2D eigenvalue weighted by Crippen LogP contribution is 2.27. The molecule has 0 saturated carbocycles. The van der Waals surface area contributed by atoms with Crippen LogP contribution in [0.3, 0.4) is 0 Å². The van der Waals surface area contributed by atoms with Crippen molar-refractivity contribution in [2.24, 2.45) is 0 Å². The molecule has 1 N–H and O–H groups in total. The third-order valence-electron chi connectivity index (χ3n) is 3.04. The van der Waals surface area contributed by atoms with Crippen molar-refractivity contribution in [2.75, 3.05) is 11.4 Å². The van der Waals surface area contributed by atoms with Gasteiger partial charge in [0.05, 0.1) is 0 Å². The van der Waals surface area contributed by atoms with Gasteiger partial charge in [-0.25, -0.2) is 0 Å². The fourth-order valence-corrected chi connectivity index (χ4v) is 2.27. The number of carbonyl (C=O) groups is 2. The van der Waals surface area contributed by atoms with Crippen LogP contribution in [-0.2, 0) is 9.59 Å². The van der Waals surface area contributed by atoms with E-state index in [0.717, 1.165) is 0 Å². The number of amides is 2. The van der Waals surface area contributed by atoms with Gasteiger partial charge in [0, 0.05) is 23.7 Å². The maximum atomic E-state index is 12.0. The van der Waals surface area contributed by atoms with E-state index in [-0.39, 0.29) is 11.8 Å². The molecule has 1 aromatic carbocycles. The van der Waals surface area contributed by atoms with Crippen molar-refractivity contribution in [1.29, 1.82) is 0 Å². The fourth-order valence-electron chi connectivity index (χ4n) is 2.15. The summed E-state index contributed by atoms with van der Waals surface area (Å²) in [6, 6.07) is 6.47. The van der Waals surface area contributed by atoms with Gasteiger partial charge in [-0.2, -0.15) is 0 Å². The van der Waals surface area contributed by atoms with E-state index in [4.69, 9.17) is 11.6 Å². The lowest BCUT2D eigenvalue weighted by Gasteiger charge is -2.24. The molecule has 19 heavy (non-hydrogen) atoms. The van der Waals surface area contributed by atoms with Crippen molar-refractivity contribution in [2.45, 2.75) is 18.9 Å². The molecule has 2 amide bonds. The van der Waals surface area contributed by atoms with Gasteiger partial charge < -0.3 is 5.32 Å². The number of hydrogen-bond donors (Lipinski definition) is 1. The minimum Gasteiger partial charge on any atom is -0.351 e. The Balaban J connectivity index is 2.20. The molecule has 1 aliphatic rings. The fraction of sp³-hybridized carbons (Fsp3) is 0.286. The van der Waals surface area contributed by atoms with Crippen molar-refractivity contribution in [3.63, 3.8) is 0 Å². The zero-order chi connectivity index (χ0) is 13.8. The average molecular weight is 279 g/mol. The Kier molecular flexibility index (Phi) is 4.22. The molecule has 2 rings (SSSR count). The summed E-state index contributed by atoms with van der Waals surface area (Å²) < 4.78 is 0. The van der Waals surface area contributed by atoms with Crippen molar-refractivity contribution in [3.05, 3.63) is 41.9 Å². The molecule has 1 atom stereocenters. The molecule has 1 saturated heterocycles. The normalized spacial score (nSPS) is 18.5. The Labute approximate surface area is 117 Å². The first-order chi connectivity index (χ1) is 9.13. The molecule has 4 nitrogen and oxygen atoms in total. The Morgan fingerprint density at radius 1 is 1.47 bits per heavy atom. The zero-order valence-corrected chi connectivity index (χ0v) is 11.2. The quantitative estimate of drug-likeness (QED) is 0.858. The van der Waals surface area contributed by atoms with Crippen molar-refractivity contribution in [1.82, 2.24) is 5.32 Å². The highest BCUT2D eigenvalue weighted by molar-refractivity contribution is 6.30. The Hall–Kier alpha value is -1.81. The summed E-state index contributed by atoms with van der Waals surface area (Å²) in [7, 11) is 0. The summed E-state index contributed by atoms with van der Waals surface area (Å²) in [6.07, 6.45) is 2.53. The van der Waals surface area contributed by atoms with Gasteiger partial charge >= 0.3 is 0 Å². The van der Waals surface area contributed by atoms with Crippen LogP contribution in [0, 0.1) is 0 Å². The molecular formula is C14H15ClN2O2. The largest absolute Gasteiger partial charge is 0.351 e. The minimum atomic E-state index is -0.450. The summed E-state index contributed by atoms with van der Waals surface area (Å²) in [4.78, 5) is 25.5. The van der Waals surface area contributed by atoms with E-state index in [1.807, 2.05) is 0 Å². The first-order valence-corrected chi connectivity index (χ1v) is 6.47. The predicted octanol–water partition coefficient (Wildman–Crippen LogP) is 2.14. The lowest BCUT2D eigenvalue weighted by atomic mass is 10.2. The van der Waals surface area contributed by atoms with Crippen molar-refractivity contribution < 1.29 is 9.59 Å². The molecule has 5 heteroatoms. The van der Waals surface area contributed by atoms with Crippen LogP contribution in [0.15, 0.2) is 36.9 Å². The molecule has 0 spiro atoms. The van der Waals surface area contributed by atoms with Crippen LogP contribution < -0.4 is 10.2 Å². The molecule has 1 unspecified atom stereocenters. The van der Waals surface area contributed by atoms with Crippen LogP contribution in [0.4, 0.5) is 5.69 Å². The molecule has 0 aromatic heterocycles. The summed E-state index contributed by atoms with van der Waals surface area (Å²) in [5.41, 5.74) is 0.700. The number of halogens is 1. The third-order valence-corrected chi connectivity index (χ3v) is 3.29. The molecule has 1 fully saturated rings. The molecule has 1 aliphatic heterocycles. The van der Waals surface area contributed by atoms with Gasteiger partial charge in [-0.1, -0.05) is 17.7 Å². The monoisotopic (exact) mass is 278 g/mol. The van der Waals surface area contributed by atoms with E-state index < -0.39 is 6.04 Å². The van der Waals surface area contributed by atoms with Crippen LogP contribution in [0.5, 0.6) is 0 Å². The maximum Gasteiger partial charge on any atom is 0.243 e. The summed E-state index contributed by atoms with van der Waals surface area (Å²) in [5, 5.41) is 3.33. The lowest BCUT2D eigenvalue weighted by molar-refractivity contribution is -0.123. The summed E-state index contributed by atoms with van der Waals surface area (Å²) in [6.45, 7) is 3.95. The first kappa shape index (κ1) is 13.6. The number of anilines is 1. The standard InChI is InChI=1S/C14H15ClN2O2/c1-2-9-16-14(19)12-7-8-13(18)17(12)11-5-3-10(15)4-6-11/h2-6,12H,1,7-9H2,(H,16,19). The Bertz CT molecular complexity index is 499. The maximum absolute atomic E-state index is 12.0. The number of hydrogen-bond acceptors (Lipinski definition) is 2. The van der Waals surface area contributed by atoms with Gasteiger partial charge in [-0.05, 0) is 30.7 Å². The van der Waals surface area contributed by atoms with Gasteiger partial charge in [-0.15, -0.1) is 6.58 Å². The zero-order valence-electron chi connectivity index (χ0n) is 10.4. The van der Waals surface area contributed by atoms with Crippen LogP contribution in [0.1, 0.15) is 12.8 Å². The molecular weight excluding hydrogens is 264 g/mol. The van der Waals surface area contributed by atoms with Gasteiger partial charge in [0.2, 0.25) is 11.8 Å². The van der Waals surface area contributed by atoms with E-state index in [1.54, 1.807) is 30.3 Å². The van der Waals surface area contributed by atoms with Gasteiger partial charge in [0.25, 0.3) is 0 Å². The summed E-state index contributed by atoms with van der Waals surface area (Å²) >= 11 is 5.83. The second kappa shape index (κ2) is 5.89. The van der Waals surface area contributed by atoms with E-state index >= 15 is 0 Å². The molecule has 1 heterocycles. The smallest absolute Gasteiger partial charge is 0.243 e. The van der Waals surface area contributed by atoms with E-state index in [0.29, 0.717) is 30.1 Å². The van der Waals surface area contributed by atoms with Crippen LogP contribution >= 0.6 is 11.6 Å². The second-order valence-electron chi connectivity index (χ2n) is 4.33. The third kappa shape index (κ3) is 2.96. The van der Waals surface area contributed by atoms with E-state index in [1.165, 1.54) is 4.90 Å². The highest BCUT2D eigenvalue weighted by Gasteiger charge is 2.36. The number of nitrogens with zero attached hydrogens (tertiary/aromatic N) is 1. The van der Waals surface area contributed by atoms with Crippen molar-refractivity contribution in [3.8, 4) is 0 Å². The number of nitrogens with one attached hydrogen (secondary N) is 1. The number of rotatable bonds is 4. The highest BCUT2D eigenvalue weighted by atomic mass is 35.5. The average Bonchev–Trinajstić information content (AvgIpc) is 2.79. The number of benzene rings is 1. The molecule has 0 bridgehead atoms. The topological polar surface area (TPSA) is 49.4 Å². The van der Waals surface area contributed by atoms with Crippen LogP contribution in [0.2, 0.25) is 5.02 Å². The molecule has 0 radical (unpaired) electrons. The lowest BCUT2D eigenvalue weighted by Crippen LogP contribution is -2.44. The minimum absolute atomic E-state index is 0.0407. The Morgan fingerprint density at radius 3 is 2.79 bits per heavy atom. The van der Waals surface area contributed by atoms with E-state index in [2.05, 4.69) is 11.9 Å². The van der Waals surface area contributed by atoms with Crippen LogP contribution in [-0.4, -0.2) is 24.4 Å². The molecule has 1 aromatic rings. The number of carbonyl (C=O) groups excluding carboxylic acids is 2.